The molecule has 0 aliphatic heterocycles. The maximum Gasteiger partial charge on any atom is 0.264 e. The molecular weight excluding hydrogens is 526 g/mol. The number of ether oxygens (including phenoxy) is 1. The van der Waals surface area contributed by atoms with Gasteiger partial charge in [0.15, 0.2) is 0 Å². The summed E-state index contributed by atoms with van der Waals surface area (Å²) in [7, 11) is -2.51. The standard InChI is InChI=1S/C31H39N3O5S/c1-6-24(4)32-31(36)29(7-2)33(21-25-16-18-27(39-5)19-17-25)30(35)22-34(26-13-11-12-23(3)20-26)40(37,38)28-14-9-8-10-15-28/h8-20,24,29H,6-7,21-22H2,1-5H3,(H,32,36)/t24-,29+/m0/s1. The Labute approximate surface area is 238 Å². The fourth-order valence-corrected chi connectivity index (χ4v) is 5.75. The van der Waals surface area contributed by atoms with Crippen molar-refractivity contribution in [1.82, 2.24) is 10.2 Å². The van der Waals surface area contributed by atoms with Gasteiger partial charge >= 0.3 is 0 Å². The fraction of sp³-hybridized carbons (Fsp3) is 0.355. The molecule has 0 radical (unpaired) electrons. The van der Waals surface area contributed by atoms with Crippen molar-refractivity contribution in [2.45, 2.75) is 64.1 Å². The van der Waals surface area contributed by atoms with Crippen LogP contribution in [-0.4, -0.2) is 50.9 Å². The summed E-state index contributed by atoms with van der Waals surface area (Å²) in [4.78, 5) is 29.0. The highest BCUT2D eigenvalue weighted by Crippen LogP contribution is 2.26. The van der Waals surface area contributed by atoms with Gasteiger partial charge in [-0.05, 0) is 74.2 Å². The Morgan fingerprint density at radius 2 is 1.60 bits per heavy atom. The second-order valence-corrected chi connectivity index (χ2v) is 11.6. The first kappa shape index (κ1) is 30.7. The third-order valence-corrected chi connectivity index (χ3v) is 8.59. The largest absolute Gasteiger partial charge is 0.497 e. The molecule has 214 valence electrons. The molecule has 9 heteroatoms. The van der Waals surface area contributed by atoms with Gasteiger partial charge in [0.1, 0.15) is 18.3 Å². The fourth-order valence-electron chi connectivity index (χ4n) is 4.32. The van der Waals surface area contributed by atoms with Crippen molar-refractivity contribution in [3.63, 3.8) is 0 Å². The van der Waals surface area contributed by atoms with E-state index in [1.165, 1.54) is 17.0 Å². The van der Waals surface area contributed by atoms with Gasteiger partial charge in [0.2, 0.25) is 11.8 Å². The highest BCUT2D eigenvalue weighted by atomic mass is 32.2. The van der Waals surface area contributed by atoms with Crippen LogP contribution >= 0.6 is 0 Å². The van der Waals surface area contributed by atoms with Crippen LogP contribution in [0.5, 0.6) is 5.75 Å². The molecule has 0 heterocycles. The lowest BCUT2D eigenvalue weighted by molar-refractivity contribution is -0.140. The number of carbonyl (C=O) groups excluding carboxylic acids is 2. The third-order valence-electron chi connectivity index (χ3n) is 6.80. The first-order valence-electron chi connectivity index (χ1n) is 13.5. The Morgan fingerprint density at radius 1 is 0.925 bits per heavy atom. The van der Waals surface area contributed by atoms with Gasteiger partial charge in [-0.1, -0.05) is 56.3 Å². The number of rotatable bonds is 13. The Hall–Kier alpha value is -3.85. The zero-order valence-electron chi connectivity index (χ0n) is 23.8. The number of amides is 2. The van der Waals surface area contributed by atoms with Crippen molar-refractivity contribution in [2.24, 2.45) is 0 Å². The number of benzene rings is 3. The van der Waals surface area contributed by atoms with E-state index in [1.54, 1.807) is 55.6 Å². The molecule has 1 N–H and O–H groups in total. The van der Waals surface area contributed by atoms with Crippen LogP contribution in [0.4, 0.5) is 5.69 Å². The zero-order chi connectivity index (χ0) is 29.3. The average molecular weight is 566 g/mol. The quantitative estimate of drug-likeness (QED) is 0.317. The SMILES string of the molecule is CC[C@H](C(=O)N[C@@H](C)CC)N(Cc1ccc(OC)cc1)C(=O)CN(c1cccc(C)c1)S(=O)(=O)c1ccccc1. The van der Waals surface area contributed by atoms with E-state index >= 15 is 0 Å². The minimum absolute atomic E-state index is 0.0678. The lowest BCUT2D eigenvalue weighted by atomic mass is 10.1. The molecule has 3 rings (SSSR count). The summed E-state index contributed by atoms with van der Waals surface area (Å²) < 4.78 is 34.1. The van der Waals surface area contributed by atoms with Gasteiger partial charge in [0, 0.05) is 12.6 Å². The minimum Gasteiger partial charge on any atom is -0.497 e. The number of hydrogen-bond donors (Lipinski definition) is 1. The Bertz CT molecular complexity index is 1380. The van der Waals surface area contributed by atoms with Crippen molar-refractivity contribution < 1.29 is 22.7 Å². The van der Waals surface area contributed by atoms with Crippen molar-refractivity contribution >= 4 is 27.5 Å². The summed E-state index contributed by atoms with van der Waals surface area (Å²) in [6.07, 6.45) is 1.10. The average Bonchev–Trinajstić information content (AvgIpc) is 2.96. The van der Waals surface area contributed by atoms with Gasteiger partial charge in [0.25, 0.3) is 10.0 Å². The molecule has 0 aromatic heterocycles. The molecule has 0 saturated carbocycles. The molecule has 0 fully saturated rings. The van der Waals surface area contributed by atoms with E-state index in [0.29, 0.717) is 17.9 Å². The topological polar surface area (TPSA) is 96.0 Å². The molecule has 3 aromatic carbocycles. The number of aryl methyl sites for hydroxylation is 1. The summed E-state index contributed by atoms with van der Waals surface area (Å²) in [6, 6.07) is 21.4. The van der Waals surface area contributed by atoms with Crippen LogP contribution in [-0.2, 0) is 26.2 Å². The predicted octanol–water partition coefficient (Wildman–Crippen LogP) is 4.92. The zero-order valence-corrected chi connectivity index (χ0v) is 24.6. The lowest BCUT2D eigenvalue weighted by Crippen LogP contribution is -2.53. The second kappa shape index (κ2) is 14.0. The van der Waals surface area contributed by atoms with Crippen LogP contribution in [0, 0.1) is 6.92 Å². The van der Waals surface area contributed by atoms with Crippen LogP contribution < -0.4 is 14.4 Å². The summed E-state index contributed by atoms with van der Waals surface area (Å²) in [5.41, 5.74) is 2.02. The summed E-state index contributed by atoms with van der Waals surface area (Å²) in [5, 5.41) is 2.98. The van der Waals surface area contributed by atoms with Gasteiger partial charge in [-0.3, -0.25) is 13.9 Å². The molecule has 3 aromatic rings. The van der Waals surface area contributed by atoms with Crippen LogP contribution in [0.1, 0.15) is 44.7 Å². The number of nitrogens with one attached hydrogen (secondary N) is 1. The molecule has 0 aliphatic carbocycles. The van der Waals surface area contributed by atoms with E-state index in [2.05, 4.69) is 5.32 Å². The minimum atomic E-state index is -4.09. The van der Waals surface area contributed by atoms with Crippen molar-refractivity contribution in [3.8, 4) is 5.75 Å². The van der Waals surface area contributed by atoms with Gasteiger partial charge in [-0.15, -0.1) is 0 Å². The number of nitrogens with zero attached hydrogens (tertiary/aromatic N) is 2. The number of sulfonamides is 1. The van der Waals surface area contributed by atoms with Crippen LogP contribution in [0.15, 0.2) is 83.8 Å². The molecule has 2 amide bonds. The van der Waals surface area contributed by atoms with Gasteiger partial charge in [0.05, 0.1) is 17.7 Å². The van der Waals surface area contributed by atoms with E-state index in [9.17, 15) is 18.0 Å². The monoisotopic (exact) mass is 565 g/mol. The maximum atomic E-state index is 14.1. The molecule has 40 heavy (non-hydrogen) atoms. The molecule has 0 unspecified atom stereocenters. The highest BCUT2D eigenvalue weighted by molar-refractivity contribution is 7.92. The summed E-state index contributed by atoms with van der Waals surface area (Å²) in [6.45, 7) is 7.24. The first-order chi connectivity index (χ1) is 19.1. The maximum absolute atomic E-state index is 14.1. The lowest BCUT2D eigenvalue weighted by Gasteiger charge is -2.33. The van der Waals surface area contributed by atoms with Crippen molar-refractivity contribution in [1.29, 1.82) is 0 Å². The van der Waals surface area contributed by atoms with Crippen molar-refractivity contribution in [2.75, 3.05) is 18.0 Å². The van der Waals surface area contributed by atoms with E-state index in [-0.39, 0.29) is 23.4 Å². The number of hydrogen-bond acceptors (Lipinski definition) is 5. The van der Waals surface area contributed by atoms with Crippen LogP contribution in [0.3, 0.4) is 0 Å². The van der Waals surface area contributed by atoms with Crippen LogP contribution in [0.25, 0.3) is 0 Å². The first-order valence-corrected chi connectivity index (χ1v) is 14.9. The number of carbonyl (C=O) groups is 2. The predicted molar refractivity (Wildman–Crippen MR) is 158 cm³/mol. The molecule has 0 bridgehead atoms. The Kier molecular flexibility index (Phi) is 10.7. The van der Waals surface area contributed by atoms with E-state index in [4.69, 9.17) is 4.74 Å². The third kappa shape index (κ3) is 7.63. The van der Waals surface area contributed by atoms with E-state index in [1.807, 2.05) is 45.9 Å². The molecule has 8 nitrogen and oxygen atoms in total. The number of anilines is 1. The van der Waals surface area contributed by atoms with Crippen LogP contribution in [0.2, 0.25) is 0 Å². The molecule has 0 aliphatic rings. The van der Waals surface area contributed by atoms with Gasteiger partial charge in [-0.25, -0.2) is 8.42 Å². The summed E-state index contributed by atoms with van der Waals surface area (Å²) in [5.74, 6) is -0.0857. The molecule has 0 spiro atoms. The molecular formula is C31H39N3O5S. The summed E-state index contributed by atoms with van der Waals surface area (Å²) >= 11 is 0. The number of methoxy groups -OCH3 is 1. The van der Waals surface area contributed by atoms with Gasteiger partial charge < -0.3 is 15.0 Å². The normalized spacial score (nSPS) is 12.7. The molecule has 0 saturated heterocycles. The highest BCUT2D eigenvalue weighted by Gasteiger charge is 2.34. The molecule has 2 atom stereocenters. The van der Waals surface area contributed by atoms with E-state index in [0.717, 1.165) is 21.9 Å². The van der Waals surface area contributed by atoms with E-state index < -0.39 is 28.5 Å². The Morgan fingerprint density at radius 3 is 2.17 bits per heavy atom. The smallest absolute Gasteiger partial charge is 0.264 e. The Balaban J connectivity index is 2.04. The van der Waals surface area contributed by atoms with Gasteiger partial charge in [-0.2, -0.15) is 0 Å². The second-order valence-electron chi connectivity index (χ2n) is 9.78. The van der Waals surface area contributed by atoms with Crippen molar-refractivity contribution in [3.05, 3.63) is 90.0 Å².